The summed E-state index contributed by atoms with van der Waals surface area (Å²) in [7, 11) is 0. The minimum absolute atomic E-state index is 0.516. The van der Waals surface area contributed by atoms with E-state index in [0.717, 1.165) is 44.4 Å². The van der Waals surface area contributed by atoms with Gasteiger partial charge in [-0.3, -0.25) is 0 Å². The highest BCUT2D eigenvalue weighted by Gasteiger charge is 2.46. The van der Waals surface area contributed by atoms with Crippen LogP contribution >= 0.6 is 0 Å². The first kappa shape index (κ1) is 33.5. The van der Waals surface area contributed by atoms with Gasteiger partial charge in [0.1, 0.15) is 5.58 Å². The molecule has 1 aliphatic rings. The summed E-state index contributed by atoms with van der Waals surface area (Å²) < 4.78 is 6.66. The standard InChI is InChI=1S/C57H37NO/c1-4-18-40(19-5-1)57(41-20-6-2-7-21-41)50-35-32-38-17-10-11-24-44(38)55(50)49-33-31-39(37-51(49)57)43-34-36-52(46-26-13-12-25-45(43)46)58(42-22-8-3-9-23-42)53-29-16-28-48-47-27-14-15-30-54(47)59-56(48)53/h1-37H. The third-order valence-corrected chi connectivity index (χ3v) is 12.5. The van der Waals surface area contributed by atoms with E-state index in [1.54, 1.807) is 0 Å². The molecule has 0 amide bonds. The molecule has 0 aliphatic heterocycles. The fourth-order valence-electron chi connectivity index (χ4n) is 10.0. The highest BCUT2D eigenvalue weighted by Crippen LogP contribution is 2.58. The van der Waals surface area contributed by atoms with Gasteiger partial charge in [-0.25, -0.2) is 0 Å². The highest BCUT2D eigenvalue weighted by atomic mass is 16.3. The monoisotopic (exact) mass is 751 g/mol. The Labute approximate surface area is 342 Å². The van der Waals surface area contributed by atoms with Crippen molar-refractivity contribution in [1.29, 1.82) is 0 Å². The number of benzene rings is 10. The Kier molecular flexibility index (Phi) is 7.48. The summed E-state index contributed by atoms with van der Waals surface area (Å²) in [4.78, 5) is 2.36. The molecular formula is C57H37NO. The van der Waals surface area contributed by atoms with Crippen molar-refractivity contribution < 1.29 is 4.42 Å². The molecule has 0 radical (unpaired) electrons. The Balaban J connectivity index is 1.11. The minimum atomic E-state index is -0.516. The van der Waals surface area contributed by atoms with Crippen LogP contribution in [0.5, 0.6) is 0 Å². The molecular weight excluding hydrogens is 715 g/mol. The first-order valence-corrected chi connectivity index (χ1v) is 20.3. The molecule has 0 fully saturated rings. The molecule has 10 aromatic carbocycles. The zero-order valence-electron chi connectivity index (χ0n) is 32.2. The van der Waals surface area contributed by atoms with Gasteiger partial charge in [0, 0.05) is 21.8 Å². The number of hydrogen-bond donors (Lipinski definition) is 0. The van der Waals surface area contributed by atoms with Crippen molar-refractivity contribution in [3.8, 4) is 22.3 Å². The van der Waals surface area contributed by atoms with Crippen LogP contribution in [0.15, 0.2) is 229 Å². The van der Waals surface area contributed by atoms with Gasteiger partial charge in [-0.2, -0.15) is 0 Å². The lowest BCUT2D eigenvalue weighted by molar-refractivity contribution is 0.669. The molecule has 276 valence electrons. The second kappa shape index (κ2) is 13.2. The van der Waals surface area contributed by atoms with Gasteiger partial charge in [0.2, 0.25) is 0 Å². The van der Waals surface area contributed by atoms with E-state index in [-0.39, 0.29) is 0 Å². The maximum absolute atomic E-state index is 6.66. The average Bonchev–Trinajstić information content (AvgIpc) is 3.84. The molecule has 1 aliphatic carbocycles. The third-order valence-electron chi connectivity index (χ3n) is 12.5. The summed E-state index contributed by atoms with van der Waals surface area (Å²) in [6.45, 7) is 0. The number of fused-ring (bicyclic) bond motifs is 9. The zero-order valence-corrected chi connectivity index (χ0v) is 32.2. The van der Waals surface area contributed by atoms with Gasteiger partial charge in [0.15, 0.2) is 5.58 Å². The fourth-order valence-corrected chi connectivity index (χ4v) is 10.0. The Morgan fingerprint density at radius 2 is 0.983 bits per heavy atom. The Morgan fingerprint density at radius 1 is 0.373 bits per heavy atom. The van der Waals surface area contributed by atoms with Gasteiger partial charge >= 0.3 is 0 Å². The van der Waals surface area contributed by atoms with Crippen molar-refractivity contribution in [2.24, 2.45) is 0 Å². The van der Waals surface area contributed by atoms with Crippen LogP contribution in [-0.4, -0.2) is 0 Å². The maximum atomic E-state index is 6.66. The number of anilines is 3. The summed E-state index contributed by atoms with van der Waals surface area (Å²) in [5, 5.41) is 7.10. The minimum Gasteiger partial charge on any atom is -0.454 e. The Bertz CT molecular complexity index is 3340. The van der Waals surface area contributed by atoms with Crippen molar-refractivity contribution in [2.75, 3.05) is 4.90 Å². The summed E-state index contributed by atoms with van der Waals surface area (Å²) >= 11 is 0. The molecule has 0 unspecified atom stereocenters. The van der Waals surface area contributed by atoms with Crippen molar-refractivity contribution >= 4 is 60.5 Å². The van der Waals surface area contributed by atoms with E-state index >= 15 is 0 Å². The lowest BCUT2D eigenvalue weighted by Gasteiger charge is -2.34. The molecule has 1 aromatic heterocycles. The van der Waals surface area contributed by atoms with Gasteiger partial charge in [-0.1, -0.05) is 188 Å². The molecule has 1 heterocycles. The van der Waals surface area contributed by atoms with Crippen LogP contribution in [0, 0.1) is 0 Å². The summed E-state index contributed by atoms with van der Waals surface area (Å²) in [6.07, 6.45) is 0. The predicted octanol–water partition coefficient (Wildman–Crippen LogP) is 15.4. The quantitative estimate of drug-likeness (QED) is 0.168. The largest absolute Gasteiger partial charge is 0.454 e. The molecule has 0 saturated carbocycles. The Hall–Kier alpha value is -7.68. The van der Waals surface area contributed by atoms with Gasteiger partial charge in [0.25, 0.3) is 0 Å². The van der Waals surface area contributed by atoms with E-state index in [2.05, 4.69) is 223 Å². The third kappa shape index (κ3) is 4.93. The van der Waals surface area contributed by atoms with Gasteiger partial charge < -0.3 is 9.32 Å². The van der Waals surface area contributed by atoms with E-state index in [4.69, 9.17) is 4.42 Å². The SMILES string of the molecule is c1ccc(N(c2ccc(-c3ccc4c(c3)C(c3ccccc3)(c3ccccc3)c3ccc5ccccc5c3-4)c3ccccc23)c2cccc3c2oc2ccccc23)cc1. The molecule has 2 nitrogen and oxygen atoms in total. The van der Waals surface area contributed by atoms with Gasteiger partial charge in [0.05, 0.1) is 16.8 Å². The van der Waals surface area contributed by atoms with Crippen LogP contribution in [0.2, 0.25) is 0 Å². The second-order valence-electron chi connectivity index (χ2n) is 15.6. The molecule has 0 bridgehead atoms. The van der Waals surface area contributed by atoms with E-state index in [0.29, 0.717) is 0 Å². The Morgan fingerprint density at radius 3 is 1.75 bits per heavy atom. The topological polar surface area (TPSA) is 16.4 Å². The van der Waals surface area contributed by atoms with E-state index in [1.807, 2.05) is 6.07 Å². The first-order valence-electron chi connectivity index (χ1n) is 20.3. The normalized spacial score (nSPS) is 12.9. The number of nitrogens with zero attached hydrogens (tertiary/aromatic N) is 1. The molecule has 0 spiro atoms. The van der Waals surface area contributed by atoms with E-state index in [1.165, 1.54) is 60.7 Å². The van der Waals surface area contributed by atoms with Gasteiger partial charge in [-0.05, 0) is 97.1 Å². The van der Waals surface area contributed by atoms with Crippen LogP contribution in [-0.2, 0) is 5.41 Å². The second-order valence-corrected chi connectivity index (χ2v) is 15.6. The maximum Gasteiger partial charge on any atom is 0.159 e. The van der Waals surface area contributed by atoms with Crippen molar-refractivity contribution in [1.82, 2.24) is 0 Å². The van der Waals surface area contributed by atoms with Crippen molar-refractivity contribution in [3.63, 3.8) is 0 Å². The number of hydrogen-bond acceptors (Lipinski definition) is 2. The smallest absolute Gasteiger partial charge is 0.159 e. The predicted molar refractivity (Wildman–Crippen MR) is 246 cm³/mol. The lowest BCUT2D eigenvalue weighted by atomic mass is 9.67. The molecule has 0 atom stereocenters. The van der Waals surface area contributed by atoms with E-state index < -0.39 is 5.41 Å². The first-order chi connectivity index (χ1) is 29.3. The van der Waals surface area contributed by atoms with Crippen LogP contribution in [0.1, 0.15) is 22.3 Å². The fraction of sp³-hybridized carbons (Fsp3) is 0.0175. The molecule has 2 heteroatoms. The van der Waals surface area contributed by atoms with Crippen LogP contribution in [0.3, 0.4) is 0 Å². The molecule has 0 saturated heterocycles. The summed E-state index contributed by atoms with van der Waals surface area (Å²) in [6, 6.07) is 81.8. The van der Waals surface area contributed by atoms with Gasteiger partial charge in [-0.15, -0.1) is 0 Å². The molecule has 11 aromatic rings. The number of furan rings is 1. The van der Waals surface area contributed by atoms with Crippen LogP contribution in [0.4, 0.5) is 17.1 Å². The summed E-state index contributed by atoms with van der Waals surface area (Å²) in [5.74, 6) is 0. The molecule has 59 heavy (non-hydrogen) atoms. The van der Waals surface area contributed by atoms with E-state index in [9.17, 15) is 0 Å². The van der Waals surface area contributed by atoms with Crippen molar-refractivity contribution in [3.05, 3.63) is 247 Å². The molecule has 0 N–H and O–H groups in total. The number of para-hydroxylation sites is 3. The van der Waals surface area contributed by atoms with Crippen molar-refractivity contribution in [2.45, 2.75) is 5.41 Å². The lowest BCUT2D eigenvalue weighted by Crippen LogP contribution is -2.28. The average molecular weight is 752 g/mol. The summed E-state index contributed by atoms with van der Waals surface area (Å²) in [5.41, 5.74) is 14.5. The molecule has 12 rings (SSSR count). The highest BCUT2D eigenvalue weighted by molar-refractivity contribution is 6.13. The zero-order chi connectivity index (χ0) is 38.9. The number of rotatable bonds is 6. The van der Waals surface area contributed by atoms with Crippen LogP contribution in [0.25, 0.3) is 65.7 Å². The van der Waals surface area contributed by atoms with Crippen LogP contribution < -0.4 is 4.90 Å².